The Labute approximate surface area is 158 Å². The maximum atomic E-state index is 12.2. The third kappa shape index (κ3) is 9.05. The number of nitrogens with one attached hydrogen (secondary N) is 2. The van der Waals surface area contributed by atoms with Gasteiger partial charge in [-0.1, -0.05) is 62.9 Å². The first kappa shape index (κ1) is 22.4. The average Bonchev–Trinajstić information content (AvgIpc) is 2.67. The molecule has 1 aromatic rings. The highest BCUT2D eigenvalue weighted by atomic mass is 16.5. The van der Waals surface area contributed by atoms with Crippen LogP contribution in [0.4, 0.5) is 4.79 Å². The van der Waals surface area contributed by atoms with Crippen LogP contribution >= 0.6 is 0 Å². The predicted octanol–water partition coefficient (Wildman–Crippen LogP) is 1.81. The van der Waals surface area contributed by atoms with Crippen LogP contribution in [0.15, 0.2) is 30.3 Å². The highest BCUT2D eigenvalue weighted by Crippen LogP contribution is 2.06. The molecule has 0 aromatic heterocycles. The Morgan fingerprint density at radius 3 is 2.33 bits per heavy atom. The first-order valence-electron chi connectivity index (χ1n) is 9.09. The second kappa shape index (κ2) is 12.7. The minimum absolute atomic E-state index is 0.0155. The van der Waals surface area contributed by atoms with Gasteiger partial charge in [0.1, 0.15) is 18.7 Å². The van der Waals surface area contributed by atoms with Gasteiger partial charge in [0.15, 0.2) is 0 Å². The van der Waals surface area contributed by atoms with E-state index in [1.54, 1.807) is 24.3 Å². The van der Waals surface area contributed by atoms with Gasteiger partial charge in [0, 0.05) is 0 Å². The fraction of sp³-hybridized carbons (Fsp3) is 0.526. The van der Waals surface area contributed by atoms with Crippen LogP contribution in [0.1, 0.15) is 44.6 Å². The summed E-state index contributed by atoms with van der Waals surface area (Å²) in [5.41, 5.74) is 0.774. The van der Waals surface area contributed by atoms with Crippen molar-refractivity contribution in [2.45, 2.75) is 57.7 Å². The Morgan fingerprint density at radius 2 is 1.74 bits per heavy atom. The van der Waals surface area contributed by atoms with Crippen molar-refractivity contribution in [3.8, 4) is 0 Å². The summed E-state index contributed by atoms with van der Waals surface area (Å²) in [6.07, 6.45) is 2.98. The number of alkyl carbamates (subject to hydrolysis) is 1. The van der Waals surface area contributed by atoms with Crippen molar-refractivity contribution in [3.05, 3.63) is 35.9 Å². The third-order valence-electron chi connectivity index (χ3n) is 3.96. The maximum absolute atomic E-state index is 12.2. The summed E-state index contributed by atoms with van der Waals surface area (Å²) in [6, 6.07) is 6.63. The molecule has 27 heavy (non-hydrogen) atoms. The number of rotatable bonds is 12. The first-order chi connectivity index (χ1) is 13.0. The molecule has 8 heteroatoms. The van der Waals surface area contributed by atoms with Crippen molar-refractivity contribution in [2.75, 3.05) is 6.61 Å². The molecule has 1 aromatic carbocycles. The third-order valence-corrected chi connectivity index (χ3v) is 3.96. The van der Waals surface area contributed by atoms with Gasteiger partial charge < -0.3 is 25.6 Å². The molecule has 0 fully saturated rings. The number of carbonyl (C=O) groups is 3. The summed E-state index contributed by atoms with van der Waals surface area (Å²) in [6.45, 7) is 1.39. The number of benzene rings is 1. The quantitative estimate of drug-likeness (QED) is 0.410. The van der Waals surface area contributed by atoms with Gasteiger partial charge in [0.05, 0.1) is 6.61 Å². The van der Waals surface area contributed by atoms with Crippen molar-refractivity contribution in [1.29, 1.82) is 0 Å². The molecule has 0 bridgehead atoms. The first-order valence-corrected chi connectivity index (χ1v) is 9.09. The molecule has 0 saturated heterocycles. The number of hydrogen-bond donors (Lipinski definition) is 4. The number of carbonyl (C=O) groups excluding carboxylic acids is 2. The number of aliphatic hydroxyl groups is 1. The van der Waals surface area contributed by atoms with Gasteiger partial charge in [0.25, 0.3) is 0 Å². The second-order valence-corrected chi connectivity index (χ2v) is 6.19. The number of carboxylic acid groups (broad SMARTS) is 1. The van der Waals surface area contributed by atoms with E-state index in [2.05, 4.69) is 10.6 Å². The molecule has 0 aliphatic carbocycles. The molecule has 0 aliphatic rings. The Kier molecular flexibility index (Phi) is 10.5. The fourth-order valence-electron chi connectivity index (χ4n) is 2.41. The van der Waals surface area contributed by atoms with Gasteiger partial charge >= 0.3 is 12.1 Å². The standard InChI is InChI=1S/C19H28N2O6/c1-2-3-4-8-11-15(18(24)25)20-17(23)16(12-22)21-19(26)27-13-14-9-6-5-7-10-14/h5-7,9-10,15-16,22H,2-4,8,11-13H2,1H3,(H,20,23)(H,21,26)(H,24,25)/t15-,16-/m0/s1. The van der Waals surface area contributed by atoms with E-state index < -0.39 is 36.7 Å². The summed E-state index contributed by atoms with van der Waals surface area (Å²) in [7, 11) is 0. The molecule has 0 radical (unpaired) electrons. The fourth-order valence-corrected chi connectivity index (χ4v) is 2.41. The molecular weight excluding hydrogens is 352 g/mol. The molecule has 2 amide bonds. The van der Waals surface area contributed by atoms with Crippen molar-refractivity contribution < 1.29 is 29.3 Å². The number of aliphatic carboxylic acids is 1. The lowest BCUT2D eigenvalue weighted by Gasteiger charge is -2.20. The minimum Gasteiger partial charge on any atom is -0.480 e. The topological polar surface area (TPSA) is 125 Å². The molecule has 0 saturated carbocycles. The molecule has 4 N–H and O–H groups in total. The Bertz CT molecular complexity index is 593. The smallest absolute Gasteiger partial charge is 0.408 e. The maximum Gasteiger partial charge on any atom is 0.408 e. The predicted molar refractivity (Wildman–Crippen MR) is 99.0 cm³/mol. The number of unbranched alkanes of at least 4 members (excludes halogenated alkanes) is 3. The zero-order valence-corrected chi connectivity index (χ0v) is 15.5. The lowest BCUT2D eigenvalue weighted by atomic mass is 10.1. The molecule has 0 spiro atoms. The average molecular weight is 380 g/mol. The van der Waals surface area contributed by atoms with E-state index in [-0.39, 0.29) is 13.0 Å². The van der Waals surface area contributed by atoms with E-state index in [1.807, 2.05) is 13.0 Å². The van der Waals surface area contributed by atoms with Crippen LogP contribution in [-0.2, 0) is 20.9 Å². The summed E-state index contributed by atoms with van der Waals surface area (Å²) in [5.74, 6) is -1.92. The number of ether oxygens (including phenoxy) is 1. The molecular formula is C19H28N2O6. The SMILES string of the molecule is CCCCCC[C@H](NC(=O)[C@H](CO)NC(=O)OCc1ccccc1)C(=O)O. The Hall–Kier alpha value is -2.61. The second-order valence-electron chi connectivity index (χ2n) is 6.19. The molecule has 1 rings (SSSR count). The van der Waals surface area contributed by atoms with Crippen molar-refractivity contribution in [1.82, 2.24) is 10.6 Å². The minimum atomic E-state index is -1.29. The van der Waals surface area contributed by atoms with Gasteiger partial charge in [-0.3, -0.25) is 4.79 Å². The number of hydrogen-bond acceptors (Lipinski definition) is 5. The highest BCUT2D eigenvalue weighted by Gasteiger charge is 2.26. The Balaban J connectivity index is 2.48. The van der Waals surface area contributed by atoms with Crippen LogP contribution in [0, 0.1) is 0 Å². The van der Waals surface area contributed by atoms with Gasteiger partial charge in [-0.05, 0) is 12.0 Å². The van der Waals surface area contributed by atoms with Gasteiger partial charge in [-0.2, -0.15) is 0 Å². The largest absolute Gasteiger partial charge is 0.480 e. The molecule has 0 unspecified atom stereocenters. The van der Waals surface area contributed by atoms with Crippen molar-refractivity contribution >= 4 is 18.0 Å². The summed E-state index contributed by atoms with van der Waals surface area (Å²) in [4.78, 5) is 35.3. The van der Waals surface area contributed by atoms with Crippen molar-refractivity contribution in [3.63, 3.8) is 0 Å². The zero-order chi connectivity index (χ0) is 20.1. The van der Waals surface area contributed by atoms with Crippen LogP contribution in [0.5, 0.6) is 0 Å². The highest BCUT2D eigenvalue weighted by molar-refractivity contribution is 5.89. The van der Waals surface area contributed by atoms with E-state index in [1.165, 1.54) is 0 Å². The van der Waals surface area contributed by atoms with E-state index in [9.17, 15) is 24.6 Å². The van der Waals surface area contributed by atoms with Gasteiger partial charge in [-0.25, -0.2) is 9.59 Å². The van der Waals surface area contributed by atoms with Crippen LogP contribution in [0.2, 0.25) is 0 Å². The lowest BCUT2D eigenvalue weighted by molar-refractivity contribution is -0.142. The molecule has 150 valence electrons. The van der Waals surface area contributed by atoms with Gasteiger partial charge in [0.2, 0.25) is 5.91 Å². The van der Waals surface area contributed by atoms with Crippen LogP contribution in [0.3, 0.4) is 0 Å². The summed E-state index contributed by atoms with van der Waals surface area (Å²) >= 11 is 0. The van der Waals surface area contributed by atoms with E-state index in [0.29, 0.717) is 6.42 Å². The number of amides is 2. The van der Waals surface area contributed by atoms with Crippen LogP contribution in [-0.4, -0.2) is 46.9 Å². The van der Waals surface area contributed by atoms with Crippen LogP contribution in [0.25, 0.3) is 0 Å². The molecule has 0 heterocycles. The number of carboxylic acids is 1. The summed E-state index contributed by atoms with van der Waals surface area (Å²) < 4.78 is 5.00. The molecule has 8 nitrogen and oxygen atoms in total. The van der Waals surface area contributed by atoms with E-state index >= 15 is 0 Å². The number of aliphatic hydroxyl groups excluding tert-OH is 1. The zero-order valence-electron chi connectivity index (χ0n) is 15.5. The molecule has 2 atom stereocenters. The van der Waals surface area contributed by atoms with Gasteiger partial charge in [-0.15, -0.1) is 0 Å². The monoisotopic (exact) mass is 380 g/mol. The van der Waals surface area contributed by atoms with Crippen molar-refractivity contribution in [2.24, 2.45) is 0 Å². The van der Waals surface area contributed by atoms with E-state index in [4.69, 9.17) is 4.74 Å². The summed E-state index contributed by atoms with van der Waals surface area (Å²) in [5, 5.41) is 23.2. The van der Waals surface area contributed by atoms with Crippen LogP contribution < -0.4 is 10.6 Å². The molecule has 0 aliphatic heterocycles. The Morgan fingerprint density at radius 1 is 1.04 bits per heavy atom. The lowest BCUT2D eigenvalue weighted by Crippen LogP contribution is -2.53. The normalized spacial score (nSPS) is 12.7. The van der Waals surface area contributed by atoms with E-state index in [0.717, 1.165) is 24.8 Å².